The first kappa shape index (κ1) is 28.5. The molecule has 2 aromatic rings. The van der Waals surface area contributed by atoms with Gasteiger partial charge in [0.2, 0.25) is 0 Å². The zero-order chi connectivity index (χ0) is 28.3. The number of nitrogens with zero attached hydrogens (tertiary/aromatic N) is 2. The summed E-state index contributed by atoms with van der Waals surface area (Å²) < 4.78 is 25.7. The number of ether oxygens (including phenoxy) is 2. The van der Waals surface area contributed by atoms with Crippen molar-refractivity contribution in [3.63, 3.8) is 0 Å². The summed E-state index contributed by atoms with van der Waals surface area (Å²) >= 11 is 0. The molecule has 2 saturated heterocycles. The van der Waals surface area contributed by atoms with E-state index in [1.807, 2.05) is 45.0 Å². The summed E-state index contributed by atoms with van der Waals surface area (Å²) in [6, 6.07) is 11.3. The normalized spacial score (nSPS) is 20.2. The Kier molecular flexibility index (Phi) is 8.56. The third kappa shape index (κ3) is 7.13. The fourth-order valence-electron chi connectivity index (χ4n) is 4.76. The van der Waals surface area contributed by atoms with Gasteiger partial charge in [-0.3, -0.25) is 9.69 Å². The van der Waals surface area contributed by atoms with E-state index < -0.39 is 29.7 Å². The molecule has 0 bridgehead atoms. The average Bonchev–Trinajstić information content (AvgIpc) is 3.50. The molecule has 4 rings (SSSR count). The van der Waals surface area contributed by atoms with E-state index in [9.17, 15) is 14.4 Å². The zero-order valence-corrected chi connectivity index (χ0v) is 22.9. The summed E-state index contributed by atoms with van der Waals surface area (Å²) in [5.74, 6) is -0.384. The summed E-state index contributed by atoms with van der Waals surface area (Å²) in [6.07, 6.45) is -0.755. The Morgan fingerprint density at radius 2 is 1.90 bits per heavy atom. The molecule has 9 nitrogen and oxygen atoms in total. The van der Waals surface area contributed by atoms with Crippen molar-refractivity contribution < 1.29 is 28.2 Å². The molecule has 3 atom stereocenters. The molecule has 2 fully saturated rings. The fourth-order valence-corrected chi connectivity index (χ4v) is 4.76. The predicted octanol–water partition coefficient (Wildman–Crippen LogP) is 4.08. The second kappa shape index (κ2) is 11.7. The maximum Gasteiger partial charge on any atom is 0.414 e. The first-order chi connectivity index (χ1) is 18.4. The lowest BCUT2D eigenvalue weighted by atomic mass is 10.0. The zero-order valence-electron chi connectivity index (χ0n) is 22.9. The van der Waals surface area contributed by atoms with Gasteiger partial charge in [0.05, 0.1) is 12.2 Å². The molecule has 39 heavy (non-hydrogen) atoms. The minimum Gasteiger partial charge on any atom is -0.444 e. The van der Waals surface area contributed by atoms with Gasteiger partial charge in [-0.1, -0.05) is 24.3 Å². The van der Waals surface area contributed by atoms with Crippen molar-refractivity contribution in [2.75, 3.05) is 31.1 Å². The maximum atomic E-state index is 15.0. The van der Waals surface area contributed by atoms with Gasteiger partial charge in [0, 0.05) is 31.7 Å². The molecule has 2 aromatic carbocycles. The number of cyclic esters (lactones) is 1. The van der Waals surface area contributed by atoms with Crippen LogP contribution in [0.25, 0.3) is 11.1 Å². The van der Waals surface area contributed by atoms with Crippen LogP contribution in [-0.2, 0) is 20.8 Å². The number of benzene rings is 2. The lowest BCUT2D eigenvalue weighted by Gasteiger charge is -2.24. The number of halogens is 1. The number of carbonyl (C=O) groups is 3. The second-order valence-corrected chi connectivity index (χ2v) is 11.2. The van der Waals surface area contributed by atoms with Crippen LogP contribution in [0.3, 0.4) is 0 Å². The van der Waals surface area contributed by atoms with Gasteiger partial charge in [0.15, 0.2) is 0 Å². The minimum atomic E-state index is -0.916. The van der Waals surface area contributed by atoms with Crippen LogP contribution in [0.4, 0.5) is 19.7 Å². The first-order valence-electron chi connectivity index (χ1n) is 13.2. The SMILES string of the molecule is CC(=O)[C@@H](N)C1CN(c2ccc(-c3ccc(CNCC4CCN(C(=O)OC(C)(C)C)C4)cc3)c(F)c2)C(=O)O1. The summed E-state index contributed by atoms with van der Waals surface area (Å²) in [6.45, 7) is 9.84. The van der Waals surface area contributed by atoms with Gasteiger partial charge >= 0.3 is 12.2 Å². The van der Waals surface area contributed by atoms with E-state index >= 15 is 4.39 Å². The molecule has 2 aliphatic heterocycles. The van der Waals surface area contributed by atoms with E-state index in [-0.39, 0.29) is 18.4 Å². The van der Waals surface area contributed by atoms with E-state index in [0.29, 0.717) is 42.4 Å². The van der Waals surface area contributed by atoms with E-state index in [0.717, 1.165) is 18.5 Å². The van der Waals surface area contributed by atoms with Gasteiger partial charge in [-0.15, -0.1) is 0 Å². The Morgan fingerprint density at radius 3 is 2.54 bits per heavy atom. The molecule has 2 unspecified atom stereocenters. The van der Waals surface area contributed by atoms with Crippen LogP contribution in [0.5, 0.6) is 0 Å². The van der Waals surface area contributed by atoms with Gasteiger partial charge in [-0.05, 0) is 69.4 Å². The maximum absolute atomic E-state index is 15.0. The molecule has 0 spiro atoms. The van der Waals surface area contributed by atoms with Crippen LogP contribution in [0.15, 0.2) is 42.5 Å². The number of hydrogen-bond donors (Lipinski definition) is 2. The molecule has 3 N–H and O–H groups in total. The summed E-state index contributed by atoms with van der Waals surface area (Å²) in [5.41, 5.74) is 7.85. The van der Waals surface area contributed by atoms with Crippen molar-refractivity contribution in [1.82, 2.24) is 10.2 Å². The van der Waals surface area contributed by atoms with Crippen LogP contribution < -0.4 is 16.0 Å². The monoisotopic (exact) mass is 540 g/mol. The number of nitrogens with two attached hydrogens (primary N) is 1. The number of anilines is 1. The van der Waals surface area contributed by atoms with Crippen LogP contribution in [0.1, 0.15) is 39.7 Å². The van der Waals surface area contributed by atoms with Gasteiger partial charge in [0.1, 0.15) is 29.3 Å². The average molecular weight is 541 g/mol. The predicted molar refractivity (Wildman–Crippen MR) is 146 cm³/mol. The number of amides is 2. The van der Waals surface area contributed by atoms with E-state index in [1.54, 1.807) is 17.0 Å². The Morgan fingerprint density at radius 1 is 1.18 bits per heavy atom. The van der Waals surface area contributed by atoms with E-state index in [2.05, 4.69) is 5.32 Å². The quantitative estimate of drug-likeness (QED) is 0.519. The van der Waals surface area contributed by atoms with Gasteiger partial charge in [0.25, 0.3) is 0 Å². The number of ketones is 1. The molecule has 10 heteroatoms. The van der Waals surface area contributed by atoms with Crippen LogP contribution >= 0.6 is 0 Å². The lowest BCUT2D eigenvalue weighted by molar-refractivity contribution is -0.120. The highest BCUT2D eigenvalue weighted by atomic mass is 19.1. The molecular weight excluding hydrogens is 503 g/mol. The number of Topliss-reactive ketones (excluding diaryl/α,β-unsaturated/α-hetero) is 1. The number of likely N-dealkylation sites (tertiary alicyclic amines) is 1. The molecule has 2 heterocycles. The molecule has 210 valence electrons. The van der Waals surface area contributed by atoms with E-state index in [4.69, 9.17) is 15.2 Å². The highest BCUT2D eigenvalue weighted by Crippen LogP contribution is 2.30. The van der Waals surface area contributed by atoms with Gasteiger partial charge in [-0.25, -0.2) is 14.0 Å². The van der Waals surface area contributed by atoms with Crippen LogP contribution in [-0.4, -0.2) is 66.8 Å². The lowest BCUT2D eigenvalue weighted by Crippen LogP contribution is -2.43. The number of rotatable bonds is 8. The molecule has 0 aliphatic carbocycles. The van der Waals surface area contributed by atoms with Crippen molar-refractivity contribution in [1.29, 1.82) is 0 Å². The number of carbonyl (C=O) groups excluding carboxylic acids is 3. The Balaban J connectivity index is 1.29. The van der Waals surface area contributed by atoms with Crippen molar-refractivity contribution in [2.24, 2.45) is 11.7 Å². The van der Waals surface area contributed by atoms with E-state index in [1.165, 1.54) is 17.9 Å². The third-order valence-electron chi connectivity index (χ3n) is 6.93. The highest BCUT2D eigenvalue weighted by molar-refractivity contribution is 5.92. The van der Waals surface area contributed by atoms with Crippen molar-refractivity contribution in [3.8, 4) is 11.1 Å². The fraction of sp³-hybridized carbons (Fsp3) is 0.483. The summed E-state index contributed by atoms with van der Waals surface area (Å²) in [7, 11) is 0. The standard InChI is InChI=1S/C29H37FN4O5/c1-18(35)26(31)25-17-34(28(37)38-25)22-9-10-23(24(30)13-22)21-7-5-19(6-8-21)14-32-15-20-11-12-33(16-20)27(36)39-29(2,3)4/h5-10,13,20,25-26,32H,11-12,14-17,31H2,1-4H3/t20?,25?,26-/m1/s1. The molecule has 0 saturated carbocycles. The topological polar surface area (TPSA) is 114 Å². The molecule has 0 radical (unpaired) electrons. The molecular formula is C29H37FN4O5. The third-order valence-corrected chi connectivity index (χ3v) is 6.93. The largest absolute Gasteiger partial charge is 0.444 e. The Bertz CT molecular complexity index is 1210. The number of nitrogens with one attached hydrogen (secondary N) is 1. The Labute approximate surface area is 228 Å². The molecule has 0 aromatic heterocycles. The van der Waals surface area contributed by atoms with Crippen LogP contribution in [0, 0.1) is 11.7 Å². The van der Waals surface area contributed by atoms with Crippen LogP contribution in [0.2, 0.25) is 0 Å². The van der Waals surface area contributed by atoms with Crippen molar-refractivity contribution in [2.45, 2.75) is 58.4 Å². The van der Waals surface area contributed by atoms with Crippen molar-refractivity contribution in [3.05, 3.63) is 53.8 Å². The smallest absolute Gasteiger partial charge is 0.414 e. The summed E-state index contributed by atoms with van der Waals surface area (Å²) in [4.78, 5) is 39.1. The summed E-state index contributed by atoms with van der Waals surface area (Å²) in [5, 5.41) is 3.45. The first-order valence-corrected chi connectivity index (χ1v) is 13.2. The molecule has 2 amide bonds. The van der Waals surface area contributed by atoms with Crippen molar-refractivity contribution >= 4 is 23.7 Å². The minimum absolute atomic E-state index is 0.0833. The second-order valence-electron chi connectivity index (χ2n) is 11.2. The van der Waals surface area contributed by atoms with Gasteiger partial charge < -0.3 is 25.4 Å². The highest BCUT2D eigenvalue weighted by Gasteiger charge is 2.38. The molecule has 2 aliphatic rings. The van der Waals surface area contributed by atoms with Gasteiger partial charge in [-0.2, -0.15) is 0 Å². The number of hydrogen-bond acceptors (Lipinski definition) is 7. The Hall–Kier alpha value is -3.50.